The largest absolute Gasteiger partial charge is 0.463 e. The van der Waals surface area contributed by atoms with Gasteiger partial charge in [-0.15, -0.1) is 0 Å². The van der Waals surface area contributed by atoms with Crippen LogP contribution in [0.2, 0.25) is 0 Å². The first-order valence-corrected chi connectivity index (χ1v) is 8.91. The van der Waals surface area contributed by atoms with Crippen molar-refractivity contribution in [3.05, 3.63) is 35.9 Å². The van der Waals surface area contributed by atoms with Crippen LogP contribution in [-0.4, -0.2) is 36.2 Å². The van der Waals surface area contributed by atoms with E-state index in [1.54, 1.807) is 0 Å². The van der Waals surface area contributed by atoms with Gasteiger partial charge in [-0.3, -0.25) is 4.79 Å². The van der Waals surface area contributed by atoms with Gasteiger partial charge in [0.2, 0.25) is 0 Å². The summed E-state index contributed by atoms with van der Waals surface area (Å²) >= 11 is 0. The molecule has 1 saturated heterocycles. The van der Waals surface area contributed by atoms with Crippen LogP contribution >= 0.6 is 0 Å². The lowest BCUT2D eigenvalue weighted by molar-refractivity contribution is -0.129. The first-order chi connectivity index (χ1) is 11.8. The third-order valence-electron chi connectivity index (χ3n) is 4.59. The van der Waals surface area contributed by atoms with Gasteiger partial charge < -0.3 is 14.4 Å². The summed E-state index contributed by atoms with van der Waals surface area (Å²) < 4.78 is 9.89. The van der Waals surface area contributed by atoms with Gasteiger partial charge >= 0.3 is 6.09 Å². The average molecular weight is 347 g/mol. The molecule has 0 aromatic heterocycles. The summed E-state index contributed by atoms with van der Waals surface area (Å²) in [6.45, 7) is 8.33. The highest BCUT2D eigenvalue weighted by Crippen LogP contribution is 2.53. The monoisotopic (exact) mass is 347 g/mol. The third-order valence-corrected chi connectivity index (χ3v) is 4.59. The lowest BCUT2D eigenvalue weighted by atomic mass is 9.94. The summed E-state index contributed by atoms with van der Waals surface area (Å²) in [5, 5.41) is 0. The summed E-state index contributed by atoms with van der Waals surface area (Å²) in [4.78, 5) is 23.4. The summed E-state index contributed by atoms with van der Waals surface area (Å²) in [5.74, 6) is 0. The molecule has 3 rings (SSSR count). The second-order valence-corrected chi connectivity index (χ2v) is 7.86. The molecule has 1 spiro atoms. The molecule has 138 valence electrons. The Morgan fingerprint density at radius 2 is 1.72 bits per heavy atom. The summed E-state index contributed by atoms with van der Waals surface area (Å²) in [6, 6.07) is 9.55. The molecular weight excluding hydrogens is 318 g/mol. The highest BCUT2D eigenvalue weighted by atomic mass is 16.6. The number of piperidine rings is 1. The van der Waals surface area contributed by atoms with Crippen molar-refractivity contribution < 1.29 is 19.1 Å². The average Bonchev–Trinajstić information content (AvgIpc) is 3.32. The Labute approximate surface area is 150 Å². The topological polar surface area (TPSA) is 55.8 Å². The second-order valence-electron chi connectivity index (χ2n) is 7.86. The maximum atomic E-state index is 11.7. The van der Waals surface area contributed by atoms with E-state index in [0.717, 1.165) is 18.7 Å². The van der Waals surface area contributed by atoms with Crippen LogP contribution in [-0.2, 0) is 20.9 Å². The van der Waals surface area contributed by atoms with Crippen LogP contribution in [0.4, 0.5) is 4.79 Å². The summed E-state index contributed by atoms with van der Waals surface area (Å²) in [6.07, 6.45) is 4.95. The van der Waals surface area contributed by atoms with E-state index < -0.39 is 0 Å². The summed E-state index contributed by atoms with van der Waals surface area (Å²) in [5.41, 5.74) is 1.26. The number of carbonyl (C=O) groups is 2. The number of benzene rings is 1. The van der Waals surface area contributed by atoms with E-state index in [9.17, 15) is 9.59 Å². The smallest absolute Gasteiger partial charge is 0.410 e. The molecule has 1 aliphatic heterocycles. The zero-order valence-corrected chi connectivity index (χ0v) is 15.5. The highest BCUT2D eigenvalue weighted by Gasteiger charge is 2.45. The van der Waals surface area contributed by atoms with Gasteiger partial charge in [0.1, 0.15) is 12.2 Å². The van der Waals surface area contributed by atoms with Crippen molar-refractivity contribution in [2.75, 3.05) is 13.1 Å². The predicted octanol–water partition coefficient (Wildman–Crippen LogP) is 4.16. The fourth-order valence-electron chi connectivity index (χ4n) is 2.87. The number of amides is 1. The minimum atomic E-state index is -0.369. The maximum Gasteiger partial charge on any atom is 0.410 e. The molecular formula is C20H29NO4. The van der Waals surface area contributed by atoms with Crippen molar-refractivity contribution in [3.63, 3.8) is 0 Å². The van der Waals surface area contributed by atoms with E-state index in [4.69, 9.17) is 4.74 Å². The molecule has 1 saturated carbocycles. The molecule has 0 N–H and O–H groups in total. The van der Waals surface area contributed by atoms with E-state index in [2.05, 4.69) is 4.74 Å². The van der Waals surface area contributed by atoms with Crippen molar-refractivity contribution in [1.29, 1.82) is 0 Å². The highest BCUT2D eigenvalue weighted by molar-refractivity contribution is 5.68. The van der Waals surface area contributed by atoms with Crippen molar-refractivity contribution in [2.45, 2.75) is 58.7 Å². The van der Waals surface area contributed by atoms with Gasteiger partial charge in [-0.05, 0) is 57.4 Å². The van der Waals surface area contributed by atoms with Gasteiger partial charge in [0.25, 0.3) is 6.47 Å². The van der Waals surface area contributed by atoms with Gasteiger partial charge in [-0.2, -0.15) is 0 Å². The number of carbonyl (C=O) groups excluding carboxylic acids is 2. The predicted molar refractivity (Wildman–Crippen MR) is 96.0 cm³/mol. The van der Waals surface area contributed by atoms with Crippen molar-refractivity contribution >= 4 is 12.6 Å². The van der Waals surface area contributed by atoms with Crippen molar-refractivity contribution in [2.24, 2.45) is 5.41 Å². The van der Waals surface area contributed by atoms with E-state index in [1.807, 2.05) is 56.0 Å². The van der Waals surface area contributed by atoms with Crippen LogP contribution in [0, 0.1) is 5.41 Å². The summed E-state index contributed by atoms with van der Waals surface area (Å²) in [7, 11) is 0. The second kappa shape index (κ2) is 8.37. The Kier molecular flexibility index (Phi) is 6.45. The fraction of sp³-hybridized carbons (Fsp3) is 0.600. The van der Waals surface area contributed by atoms with Crippen LogP contribution in [0.15, 0.2) is 30.3 Å². The fourth-order valence-corrected chi connectivity index (χ4v) is 2.87. The van der Waals surface area contributed by atoms with Crippen LogP contribution in [0.3, 0.4) is 0 Å². The van der Waals surface area contributed by atoms with Gasteiger partial charge in [0.05, 0.1) is 0 Å². The van der Waals surface area contributed by atoms with Crippen molar-refractivity contribution in [1.82, 2.24) is 4.90 Å². The Bertz CT molecular complexity index is 551. The molecule has 0 unspecified atom stereocenters. The lowest BCUT2D eigenvalue weighted by Gasteiger charge is -2.33. The van der Waals surface area contributed by atoms with Gasteiger partial charge in [-0.25, -0.2) is 4.79 Å². The Balaban J connectivity index is 0.000000196. The normalized spacial score (nSPS) is 18.0. The molecule has 1 aromatic carbocycles. The zero-order valence-electron chi connectivity index (χ0n) is 15.5. The molecule has 5 heteroatoms. The van der Waals surface area contributed by atoms with Gasteiger partial charge in [-0.1, -0.05) is 30.3 Å². The number of hydrogen-bond donors (Lipinski definition) is 0. The Hall–Kier alpha value is -2.04. The molecule has 1 aliphatic carbocycles. The molecule has 1 amide bonds. The molecule has 2 aliphatic rings. The number of nitrogens with zero attached hydrogens (tertiary/aromatic N) is 1. The molecule has 0 bridgehead atoms. The van der Waals surface area contributed by atoms with E-state index in [1.165, 1.54) is 25.7 Å². The third kappa shape index (κ3) is 6.77. The van der Waals surface area contributed by atoms with Crippen LogP contribution in [0.1, 0.15) is 52.0 Å². The molecule has 5 nitrogen and oxygen atoms in total. The Morgan fingerprint density at radius 1 is 1.12 bits per heavy atom. The maximum absolute atomic E-state index is 11.7. The van der Waals surface area contributed by atoms with Gasteiger partial charge in [0.15, 0.2) is 0 Å². The molecule has 1 aromatic rings. The van der Waals surface area contributed by atoms with E-state index in [0.29, 0.717) is 18.5 Å². The first kappa shape index (κ1) is 19.3. The SMILES string of the molecule is CC(C)(C)OC(=O)N1CCC2(CC1)CC2.O=COCc1ccccc1. The van der Waals surface area contributed by atoms with E-state index in [-0.39, 0.29) is 11.7 Å². The van der Waals surface area contributed by atoms with Crippen molar-refractivity contribution in [3.8, 4) is 0 Å². The Morgan fingerprint density at radius 3 is 2.20 bits per heavy atom. The van der Waals surface area contributed by atoms with Crippen LogP contribution in [0.25, 0.3) is 0 Å². The number of ether oxygens (including phenoxy) is 2. The molecule has 1 heterocycles. The van der Waals surface area contributed by atoms with Crippen LogP contribution < -0.4 is 0 Å². The van der Waals surface area contributed by atoms with Crippen LogP contribution in [0.5, 0.6) is 0 Å². The molecule has 25 heavy (non-hydrogen) atoms. The zero-order chi connectivity index (χ0) is 18.3. The standard InChI is InChI=1S/C12H21NO2.C8H8O2/c1-11(2,3)15-10(14)13-8-6-12(4-5-12)7-9-13;9-7-10-6-8-4-2-1-3-5-8/h4-9H2,1-3H3;1-5,7H,6H2. The minimum absolute atomic E-state index is 0.141. The van der Waals surface area contributed by atoms with E-state index >= 15 is 0 Å². The molecule has 0 atom stereocenters. The number of rotatable bonds is 3. The van der Waals surface area contributed by atoms with Gasteiger partial charge in [0, 0.05) is 13.1 Å². The first-order valence-electron chi connectivity index (χ1n) is 8.91. The minimum Gasteiger partial charge on any atom is -0.463 e. The number of hydrogen-bond acceptors (Lipinski definition) is 4. The lowest BCUT2D eigenvalue weighted by Crippen LogP contribution is -2.42. The molecule has 2 fully saturated rings. The molecule has 0 radical (unpaired) electrons. The number of likely N-dealkylation sites (tertiary alicyclic amines) is 1. The quantitative estimate of drug-likeness (QED) is 0.771.